The van der Waals surface area contributed by atoms with Gasteiger partial charge in [0.25, 0.3) is 0 Å². The van der Waals surface area contributed by atoms with Crippen LogP contribution in [0.3, 0.4) is 0 Å². The number of rotatable bonds is 19. The maximum absolute atomic E-state index is 5.85. The van der Waals surface area contributed by atoms with Crippen molar-refractivity contribution in [1.29, 1.82) is 0 Å². The van der Waals surface area contributed by atoms with Crippen LogP contribution in [0.15, 0.2) is 4.99 Å². The largest absolute Gasteiger partial charge is 0.326 e. The van der Waals surface area contributed by atoms with Crippen LogP contribution in [-0.4, -0.2) is 43.0 Å². The molecule has 1 aliphatic rings. The predicted molar refractivity (Wildman–Crippen MR) is 121 cm³/mol. The number of quaternary nitrogens is 1. The molecular weight excluding hydrogens is 330 g/mol. The molecule has 0 spiro atoms. The van der Waals surface area contributed by atoms with Crippen molar-refractivity contribution in [3.05, 3.63) is 0 Å². The molecule has 1 aliphatic heterocycles. The first kappa shape index (κ1) is 24.6. The molecule has 3 heteroatoms. The molecule has 1 unspecified atom stereocenters. The van der Waals surface area contributed by atoms with Crippen LogP contribution in [0, 0.1) is 0 Å². The Bertz CT molecular complexity index is 367. The summed E-state index contributed by atoms with van der Waals surface area (Å²) in [5.41, 5.74) is 5.85. The van der Waals surface area contributed by atoms with Gasteiger partial charge in [0.15, 0.2) is 5.84 Å². The van der Waals surface area contributed by atoms with Gasteiger partial charge < -0.3 is 5.73 Å². The molecule has 2 N–H and O–H groups in total. The Hall–Kier alpha value is -0.410. The summed E-state index contributed by atoms with van der Waals surface area (Å²) < 4.78 is 1.08. The van der Waals surface area contributed by atoms with Crippen LogP contribution in [0.4, 0.5) is 0 Å². The number of nitrogens with zero attached hydrogens (tertiary/aromatic N) is 2. The van der Waals surface area contributed by atoms with Gasteiger partial charge in [-0.3, -0.25) is 4.48 Å². The van der Waals surface area contributed by atoms with Gasteiger partial charge in [-0.2, -0.15) is 0 Å². The van der Waals surface area contributed by atoms with Gasteiger partial charge in [0.2, 0.25) is 0 Å². The molecule has 160 valence electrons. The molecule has 0 fully saturated rings. The van der Waals surface area contributed by atoms with Crippen molar-refractivity contribution in [3.8, 4) is 0 Å². The van der Waals surface area contributed by atoms with E-state index in [4.69, 9.17) is 10.7 Å². The predicted octanol–water partition coefficient (Wildman–Crippen LogP) is 6.46. The van der Waals surface area contributed by atoms with Crippen LogP contribution in [0.1, 0.15) is 117 Å². The summed E-state index contributed by atoms with van der Waals surface area (Å²) in [5.74, 6) is 1.44. The average molecular weight is 381 g/mol. The third-order valence-corrected chi connectivity index (χ3v) is 6.54. The lowest BCUT2D eigenvalue weighted by Crippen LogP contribution is -2.53. The minimum atomic E-state index is 0.783. The van der Waals surface area contributed by atoms with Gasteiger partial charge in [0, 0.05) is 13.0 Å². The Morgan fingerprint density at radius 2 is 1.22 bits per heavy atom. The lowest BCUT2D eigenvalue weighted by Gasteiger charge is -2.33. The number of nitrogens with two attached hydrogens (primary N) is 1. The highest BCUT2D eigenvalue weighted by Crippen LogP contribution is 2.20. The van der Waals surface area contributed by atoms with Crippen LogP contribution in [-0.2, 0) is 0 Å². The van der Waals surface area contributed by atoms with Crippen LogP contribution in [0.5, 0.6) is 0 Å². The molecule has 1 atom stereocenters. The van der Waals surface area contributed by atoms with E-state index in [1.165, 1.54) is 115 Å². The van der Waals surface area contributed by atoms with Crippen molar-refractivity contribution in [2.24, 2.45) is 10.7 Å². The molecule has 0 bridgehead atoms. The second-order valence-electron chi connectivity index (χ2n) is 8.69. The number of hydrogen-bond donors (Lipinski definition) is 1. The van der Waals surface area contributed by atoms with E-state index in [9.17, 15) is 0 Å². The molecule has 3 nitrogen and oxygen atoms in total. The fourth-order valence-electron chi connectivity index (χ4n) is 4.61. The van der Waals surface area contributed by atoms with Crippen LogP contribution in [0.2, 0.25) is 0 Å². The van der Waals surface area contributed by atoms with Gasteiger partial charge in [-0.05, 0) is 13.3 Å². The van der Waals surface area contributed by atoms with Gasteiger partial charge in [-0.1, -0.05) is 96.8 Å². The average Bonchev–Trinajstić information content (AvgIpc) is 3.08. The number of unbranched alkanes of at least 4 members (excludes halogenated alkanes) is 14. The van der Waals surface area contributed by atoms with Gasteiger partial charge in [0.1, 0.15) is 6.54 Å². The smallest absolute Gasteiger partial charge is 0.198 e. The highest BCUT2D eigenvalue weighted by molar-refractivity contribution is 5.76. The second-order valence-corrected chi connectivity index (χ2v) is 8.69. The van der Waals surface area contributed by atoms with Crippen molar-refractivity contribution in [2.45, 2.75) is 117 Å². The highest BCUT2D eigenvalue weighted by Gasteiger charge is 2.34. The van der Waals surface area contributed by atoms with E-state index < -0.39 is 0 Å². The monoisotopic (exact) mass is 380 g/mol. The van der Waals surface area contributed by atoms with Crippen molar-refractivity contribution in [3.63, 3.8) is 0 Å². The van der Waals surface area contributed by atoms with E-state index in [-0.39, 0.29) is 0 Å². The third-order valence-electron chi connectivity index (χ3n) is 6.54. The van der Waals surface area contributed by atoms with Crippen LogP contribution in [0.25, 0.3) is 0 Å². The third kappa shape index (κ3) is 10.6. The lowest BCUT2D eigenvalue weighted by molar-refractivity contribution is -0.833. The summed E-state index contributed by atoms with van der Waals surface area (Å²) in [5, 5.41) is 0. The van der Waals surface area contributed by atoms with Crippen molar-refractivity contribution < 1.29 is 4.48 Å². The number of hydrogen-bond acceptors (Lipinski definition) is 2. The summed E-state index contributed by atoms with van der Waals surface area (Å²) in [6, 6.07) is 0. The fourth-order valence-corrected chi connectivity index (χ4v) is 4.61. The molecule has 1 rings (SSSR count). The Morgan fingerprint density at radius 3 is 1.67 bits per heavy atom. The SMILES string of the molecule is CCCCCCCCCCCCCCCCCC1=NCC[N+]1(CC)CCN. The van der Waals surface area contributed by atoms with E-state index >= 15 is 0 Å². The number of aliphatic imine (C=N–C) groups is 1. The zero-order valence-electron chi connectivity index (χ0n) is 18.8. The molecule has 0 aromatic heterocycles. The van der Waals surface area contributed by atoms with E-state index in [0.717, 1.165) is 30.7 Å². The molecule has 0 radical (unpaired) electrons. The number of amidine groups is 1. The summed E-state index contributed by atoms with van der Waals surface area (Å²) in [6.45, 7) is 9.81. The molecule has 1 heterocycles. The van der Waals surface area contributed by atoms with E-state index in [1.54, 1.807) is 0 Å². The zero-order valence-corrected chi connectivity index (χ0v) is 18.8. The summed E-state index contributed by atoms with van der Waals surface area (Å²) in [7, 11) is 0. The van der Waals surface area contributed by atoms with Gasteiger partial charge in [-0.25, -0.2) is 4.99 Å². The molecule has 0 aromatic carbocycles. The van der Waals surface area contributed by atoms with E-state index in [0.29, 0.717) is 0 Å². The molecule has 0 aromatic rings. The standard InChI is InChI=1S/C24H50N3/c1-3-5-6-7-8-9-10-11-12-13-14-15-16-17-18-19-24-26-21-23-27(24,4-2)22-20-25/h3-23,25H2,1-2H3/q+1. The van der Waals surface area contributed by atoms with Crippen LogP contribution >= 0.6 is 0 Å². The normalized spacial score (nSPS) is 19.6. The van der Waals surface area contributed by atoms with E-state index in [1.807, 2.05) is 0 Å². The minimum absolute atomic E-state index is 0.783. The Kier molecular flexibility index (Phi) is 15.1. The summed E-state index contributed by atoms with van der Waals surface area (Å²) in [6.07, 6.45) is 22.7. The zero-order chi connectivity index (χ0) is 19.6. The molecule has 0 saturated carbocycles. The van der Waals surface area contributed by atoms with Gasteiger partial charge in [0.05, 0.1) is 19.6 Å². The van der Waals surface area contributed by atoms with Crippen molar-refractivity contribution >= 4 is 5.84 Å². The number of likely N-dealkylation sites (N-methyl/N-ethyl adjacent to an activating group) is 1. The molecule has 27 heavy (non-hydrogen) atoms. The highest BCUT2D eigenvalue weighted by atomic mass is 15.4. The van der Waals surface area contributed by atoms with E-state index in [2.05, 4.69) is 13.8 Å². The van der Waals surface area contributed by atoms with Crippen molar-refractivity contribution in [1.82, 2.24) is 0 Å². The first-order valence-electron chi connectivity index (χ1n) is 12.4. The Labute approximate surface area is 170 Å². The van der Waals surface area contributed by atoms with Gasteiger partial charge in [-0.15, -0.1) is 0 Å². The second kappa shape index (κ2) is 16.5. The summed E-state index contributed by atoms with van der Waals surface area (Å²) >= 11 is 0. The maximum Gasteiger partial charge on any atom is 0.198 e. The Balaban J connectivity index is 1.88. The molecule has 0 aliphatic carbocycles. The topological polar surface area (TPSA) is 38.4 Å². The molecule has 0 saturated heterocycles. The lowest BCUT2D eigenvalue weighted by atomic mass is 10.0. The maximum atomic E-state index is 5.85. The van der Waals surface area contributed by atoms with Gasteiger partial charge >= 0.3 is 0 Å². The Morgan fingerprint density at radius 1 is 0.741 bits per heavy atom. The first-order chi connectivity index (χ1) is 13.3. The molecular formula is C24H50N3+. The quantitative estimate of drug-likeness (QED) is 0.203. The van der Waals surface area contributed by atoms with Crippen molar-refractivity contribution in [2.75, 3.05) is 32.7 Å². The summed E-state index contributed by atoms with van der Waals surface area (Å²) in [4.78, 5) is 4.82. The van der Waals surface area contributed by atoms with Crippen LogP contribution < -0.4 is 5.73 Å². The first-order valence-corrected chi connectivity index (χ1v) is 12.4. The fraction of sp³-hybridized carbons (Fsp3) is 0.958. The molecule has 0 amide bonds. The minimum Gasteiger partial charge on any atom is -0.326 e.